The predicted octanol–water partition coefficient (Wildman–Crippen LogP) is 5.57. The van der Waals surface area contributed by atoms with Gasteiger partial charge in [-0.2, -0.15) is 13.2 Å². The van der Waals surface area contributed by atoms with Gasteiger partial charge in [-0.15, -0.1) is 0 Å². The summed E-state index contributed by atoms with van der Waals surface area (Å²) in [7, 11) is 1.53. The Morgan fingerprint density at radius 3 is 2.50 bits per heavy atom. The van der Waals surface area contributed by atoms with Crippen LogP contribution in [-0.4, -0.2) is 17.1 Å². The monoisotopic (exact) mass is 379 g/mol. The van der Waals surface area contributed by atoms with Crippen molar-refractivity contribution in [2.24, 2.45) is 0 Å². The van der Waals surface area contributed by atoms with E-state index in [0.29, 0.717) is 17.3 Å². The Balaban J connectivity index is 1.98. The van der Waals surface area contributed by atoms with Crippen LogP contribution in [0.25, 0.3) is 11.4 Å². The summed E-state index contributed by atoms with van der Waals surface area (Å²) >= 11 is 6.02. The highest BCUT2D eigenvalue weighted by Crippen LogP contribution is 2.32. The number of methoxy groups -OCH3 is 1. The first kappa shape index (κ1) is 18.0. The van der Waals surface area contributed by atoms with E-state index in [1.165, 1.54) is 25.3 Å². The number of nitrogens with zero attached hydrogens (tertiary/aromatic N) is 2. The number of benzene rings is 2. The molecule has 0 radical (unpaired) electrons. The van der Waals surface area contributed by atoms with Crippen molar-refractivity contribution in [3.8, 4) is 17.1 Å². The number of hydrogen-bond donors (Lipinski definition) is 1. The zero-order valence-corrected chi connectivity index (χ0v) is 14.3. The van der Waals surface area contributed by atoms with Crippen LogP contribution >= 0.6 is 11.6 Å². The van der Waals surface area contributed by atoms with Crippen LogP contribution in [0.4, 0.5) is 24.7 Å². The van der Waals surface area contributed by atoms with E-state index in [2.05, 4.69) is 15.3 Å². The Kier molecular flexibility index (Phi) is 4.99. The lowest BCUT2D eigenvalue weighted by atomic mass is 10.1. The average molecular weight is 380 g/mol. The van der Waals surface area contributed by atoms with Crippen LogP contribution in [0.15, 0.2) is 54.6 Å². The fraction of sp³-hybridized carbons (Fsp3) is 0.111. The first-order valence-corrected chi connectivity index (χ1v) is 7.87. The largest absolute Gasteiger partial charge is 0.495 e. The third kappa shape index (κ3) is 4.05. The quantitative estimate of drug-likeness (QED) is 0.602. The third-order valence-electron chi connectivity index (χ3n) is 3.51. The maximum atomic E-state index is 12.9. The van der Waals surface area contributed by atoms with Crippen molar-refractivity contribution >= 4 is 23.1 Å². The van der Waals surface area contributed by atoms with Gasteiger partial charge in [0, 0.05) is 11.6 Å². The van der Waals surface area contributed by atoms with E-state index in [0.717, 1.165) is 12.1 Å². The highest BCUT2D eigenvalue weighted by molar-refractivity contribution is 6.29. The Morgan fingerprint density at radius 2 is 1.77 bits per heavy atom. The number of rotatable bonds is 4. The van der Waals surface area contributed by atoms with Crippen molar-refractivity contribution in [1.29, 1.82) is 0 Å². The lowest BCUT2D eigenvalue weighted by Crippen LogP contribution is -2.05. The molecule has 0 aliphatic heterocycles. The Bertz CT molecular complexity index is 932. The molecule has 134 valence electrons. The van der Waals surface area contributed by atoms with Crippen LogP contribution in [0, 0.1) is 0 Å². The summed E-state index contributed by atoms with van der Waals surface area (Å²) in [5, 5.41) is 3.14. The summed E-state index contributed by atoms with van der Waals surface area (Å²) < 4.78 is 44.0. The maximum absolute atomic E-state index is 12.9. The van der Waals surface area contributed by atoms with Gasteiger partial charge >= 0.3 is 6.18 Å². The predicted molar refractivity (Wildman–Crippen MR) is 93.8 cm³/mol. The molecule has 26 heavy (non-hydrogen) atoms. The van der Waals surface area contributed by atoms with Crippen LogP contribution in [0.2, 0.25) is 5.15 Å². The van der Waals surface area contributed by atoms with E-state index in [4.69, 9.17) is 16.3 Å². The molecule has 3 rings (SSSR count). The molecule has 0 aliphatic rings. The molecule has 0 saturated heterocycles. The van der Waals surface area contributed by atoms with E-state index >= 15 is 0 Å². The van der Waals surface area contributed by atoms with E-state index in [1.807, 2.05) is 6.07 Å². The van der Waals surface area contributed by atoms with Gasteiger partial charge in [0.2, 0.25) is 0 Å². The lowest BCUT2D eigenvalue weighted by molar-refractivity contribution is -0.137. The van der Waals surface area contributed by atoms with Gasteiger partial charge < -0.3 is 10.1 Å². The van der Waals surface area contributed by atoms with E-state index in [9.17, 15) is 13.2 Å². The number of para-hydroxylation sites is 2. The summed E-state index contributed by atoms with van der Waals surface area (Å²) in [6, 6.07) is 13.4. The van der Waals surface area contributed by atoms with Crippen LogP contribution in [0.1, 0.15) is 5.56 Å². The lowest BCUT2D eigenvalue weighted by Gasteiger charge is -2.12. The number of hydrogen-bond acceptors (Lipinski definition) is 4. The van der Waals surface area contributed by atoms with E-state index in [-0.39, 0.29) is 16.5 Å². The van der Waals surface area contributed by atoms with Crippen molar-refractivity contribution < 1.29 is 17.9 Å². The fourth-order valence-electron chi connectivity index (χ4n) is 2.33. The molecule has 0 aliphatic carbocycles. The minimum atomic E-state index is -4.45. The summed E-state index contributed by atoms with van der Waals surface area (Å²) in [6.07, 6.45) is -4.45. The van der Waals surface area contributed by atoms with Gasteiger partial charge in [-0.1, -0.05) is 35.9 Å². The number of aromatic nitrogens is 2. The third-order valence-corrected chi connectivity index (χ3v) is 3.71. The minimum Gasteiger partial charge on any atom is -0.495 e. The second kappa shape index (κ2) is 7.21. The molecule has 0 spiro atoms. The smallest absolute Gasteiger partial charge is 0.416 e. The van der Waals surface area contributed by atoms with E-state index < -0.39 is 11.7 Å². The van der Waals surface area contributed by atoms with Gasteiger partial charge in [-0.05, 0) is 24.3 Å². The molecule has 0 fully saturated rings. The summed E-state index contributed by atoms with van der Waals surface area (Å²) in [5.74, 6) is 1.01. The highest BCUT2D eigenvalue weighted by atomic mass is 35.5. The van der Waals surface area contributed by atoms with Crippen molar-refractivity contribution in [3.05, 3.63) is 65.3 Å². The van der Waals surface area contributed by atoms with Crippen LogP contribution in [0.3, 0.4) is 0 Å². The highest BCUT2D eigenvalue weighted by Gasteiger charge is 2.30. The standard InChI is InChI=1S/C18H13ClF3N3O/c1-26-14-8-3-2-7-13(14)23-16-10-15(19)24-17(25-16)11-5-4-6-12(9-11)18(20,21)22/h2-10H,1H3,(H,23,24,25). The van der Waals surface area contributed by atoms with Crippen molar-refractivity contribution in [3.63, 3.8) is 0 Å². The van der Waals surface area contributed by atoms with Crippen LogP contribution < -0.4 is 10.1 Å². The molecule has 8 heteroatoms. The second-order valence-electron chi connectivity index (χ2n) is 5.30. The molecule has 3 aromatic rings. The number of nitrogens with one attached hydrogen (secondary N) is 1. The van der Waals surface area contributed by atoms with Crippen molar-refractivity contribution in [2.45, 2.75) is 6.18 Å². The molecule has 2 aromatic carbocycles. The van der Waals surface area contributed by atoms with Gasteiger partial charge in [-0.25, -0.2) is 9.97 Å². The average Bonchev–Trinajstić information content (AvgIpc) is 2.61. The number of anilines is 2. The van der Waals surface area contributed by atoms with Crippen molar-refractivity contribution in [2.75, 3.05) is 12.4 Å². The molecule has 0 unspecified atom stereocenters. The Morgan fingerprint density at radius 1 is 1.00 bits per heavy atom. The minimum absolute atomic E-state index is 0.0843. The Labute approximate surface area is 152 Å². The molecule has 1 heterocycles. The molecule has 0 saturated carbocycles. The van der Waals surface area contributed by atoms with E-state index in [1.54, 1.807) is 18.2 Å². The summed E-state index contributed by atoms with van der Waals surface area (Å²) in [4.78, 5) is 8.30. The van der Waals surface area contributed by atoms with Gasteiger partial charge in [0.15, 0.2) is 5.82 Å². The van der Waals surface area contributed by atoms with Gasteiger partial charge in [-0.3, -0.25) is 0 Å². The zero-order valence-electron chi connectivity index (χ0n) is 13.5. The maximum Gasteiger partial charge on any atom is 0.416 e. The SMILES string of the molecule is COc1ccccc1Nc1cc(Cl)nc(-c2cccc(C(F)(F)F)c2)n1. The Hall–Kier alpha value is -2.80. The second-order valence-corrected chi connectivity index (χ2v) is 5.69. The zero-order chi connectivity index (χ0) is 18.7. The molecule has 4 nitrogen and oxygen atoms in total. The van der Waals surface area contributed by atoms with Crippen molar-refractivity contribution in [1.82, 2.24) is 9.97 Å². The molecule has 1 N–H and O–H groups in total. The number of ether oxygens (including phenoxy) is 1. The van der Waals surface area contributed by atoms with Crippen LogP contribution in [0.5, 0.6) is 5.75 Å². The molecular formula is C18H13ClF3N3O. The molecule has 0 atom stereocenters. The van der Waals surface area contributed by atoms with Gasteiger partial charge in [0.05, 0.1) is 18.4 Å². The first-order chi connectivity index (χ1) is 12.4. The molecular weight excluding hydrogens is 367 g/mol. The number of halogens is 4. The molecule has 1 aromatic heterocycles. The normalized spacial score (nSPS) is 11.3. The fourth-order valence-corrected chi connectivity index (χ4v) is 2.51. The first-order valence-electron chi connectivity index (χ1n) is 7.49. The van der Waals surface area contributed by atoms with Gasteiger partial charge in [0.1, 0.15) is 16.7 Å². The molecule has 0 amide bonds. The van der Waals surface area contributed by atoms with Gasteiger partial charge in [0.25, 0.3) is 0 Å². The van der Waals surface area contributed by atoms with Crippen LogP contribution in [-0.2, 0) is 6.18 Å². The molecule has 0 bridgehead atoms. The summed E-state index contributed by atoms with van der Waals surface area (Å²) in [5.41, 5.74) is 0.0722. The number of alkyl halides is 3. The summed E-state index contributed by atoms with van der Waals surface area (Å²) in [6.45, 7) is 0. The topological polar surface area (TPSA) is 47.0 Å².